The van der Waals surface area contributed by atoms with Gasteiger partial charge in [0.25, 0.3) is 0 Å². The molecule has 5 heteroatoms. The molecular weight excluding hydrogens is 266 g/mol. The Kier molecular flexibility index (Phi) is 3.41. The van der Waals surface area contributed by atoms with Crippen molar-refractivity contribution in [2.45, 2.75) is 32.4 Å². The number of para-hydroxylation sites is 1. The van der Waals surface area contributed by atoms with Crippen LogP contribution in [0.1, 0.15) is 24.6 Å². The van der Waals surface area contributed by atoms with Crippen molar-refractivity contribution in [3.8, 4) is 5.75 Å². The van der Waals surface area contributed by atoms with E-state index in [2.05, 4.69) is 10.3 Å². The fourth-order valence-corrected chi connectivity index (χ4v) is 2.73. The van der Waals surface area contributed by atoms with Crippen molar-refractivity contribution in [3.05, 3.63) is 48.0 Å². The van der Waals surface area contributed by atoms with Crippen LogP contribution in [-0.4, -0.2) is 22.1 Å². The number of fused-ring (bicyclic) bond motifs is 1. The van der Waals surface area contributed by atoms with Crippen LogP contribution in [0.4, 0.5) is 0 Å². The SMILES string of the molecule is Cc1cncn1CC(=O)NC1(C)CCOc2ccccc21. The molecule has 3 rings (SSSR count). The van der Waals surface area contributed by atoms with Crippen LogP contribution >= 0.6 is 0 Å². The predicted octanol–water partition coefficient (Wildman–Crippen LogP) is 2.01. The number of nitrogens with zero attached hydrogens (tertiary/aromatic N) is 2. The maximum absolute atomic E-state index is 12.3. The van der Waals surface area contributed by atoms with E-state index in [-0.39, 0.29) is 18.0 Å². The van der Waals surface area contributed by atoms with Crippen molar-refractivity contribution >= 4 is 5.91 Å². The number of imidazole rings is 1. The van der Waals surface area contributed by atoms with Crippen LogP contribution in [0, 0.1) is 6.92 Å². The Morgan fingerprint density at radius 1 is 1.48 bits per heavy atom. The minimum atomic E-state index is -0.388. The summed E-state index contributed by atoms with van der Waals surface area (Å²) in [6, 6.07) is 7.87. The van der Waals surface area contributed by atoms with Crippen molar-refractivity contribution in [2.24, 2.45) is 0 Å². The first kappa shape index (κ1) is 13.7. The molecule has 2 heterocycles. The third kappa shape index (κ3) is 2.63. The van der Waals surface area contributed by atoms with E-state index in [1.807, 2.05) is 42.7 Å². The normalized spacial score (nSPS) is 20.5. The highest BCUT2D eigenvalue weighted by atomic mass is 16.5. The number of rotatable bonds is 3. The molecule has 1 aromatic carbocycles. The quantitative estimate of drug-likeness (QED) is 0.938. The van der Waals surface area contributed by atoms with Crippen LogP contribution < -0.4 is 10.1 Å². The van der Waals surface area contributed by atoms with Gasteiger partial charge in [-0.15, -0.1) is 0 Å². The Bertz CT molecular complexity index is 665. The number of amides is 1. The zero-order valence-electron chi connectivity index (χ0n) is 12.3. The van der Waals surface area contributed by atoms with E-state index < -0.39 is 0 Å². The zero-order chi connectivity index (χ0) is 14.9. The van der Waals surface area contributed by atoms with Crippen LogP contribution in [0.5, 0.6) is 5.75 Å². The van der Waals surface area contributed by atoms with Crippen LogP contribution in [0.15, 0.2) is 36.8 Å². The Morgan fingerprint density at radius 2 is 2.29 bits per heavy atom. The first-order chi connectivity index (χ1) is 10.1. The highest BCUT2D eigenvalue weighted by molar-refractivity contribution is 5.77. The summed E-state index contributed by atoms with van der Waals surface area (Å²) in [6.45, 7) is 4.88. The van der Waals surface area contributed by atoms with Crippen molar-refractivity contribution in [1.82, 2.24) is 14.9 Å². The number of carbonyl (C=O) groups is 1. The van der Waals surface area contributed by atoms with E-state index in [0.29, 0.717) is 6.61 Å². The fraction of sp³-hybridized carbons (Fsp3) is 0.375. The first-order valence-electron chi connectivity index (χ1n) is 7.08. The standard InChI is InChI=1S/C16H19N3O2/c1-12-9-17-11-19(12)10-15(20)18-16(2)7-8-21-14-6-4-3-5-13(14)16/h3-6,9,11H,7-8,10H2,1-2H3,(H,18,20). The summed E-state index contributed by atoms with van der Waals surface area (Å²) in [5.41, 5.74) is 1.62. The van der Waals surface area contributed by atoms with Crippen LogP contribution in [-0.2, 0) is 16.9 Å². The molecule has 1 aromatic heterocycles. The van der Waals surface area contributed by atoms with Gasteiger partial charge in [0.2, 0.25) is 5.91 Å². The lowest BCUT2D eigenvalue weighted by atomic mass is 9.86. The molecule has 110 valence electrons. The van der Waals surface area contributed by atoms with Crippen LogP contribution in [0.2, 0.25) is 0 Å². The molecule has 0 radical (unpaired) electrons. The highest BCUT2D eigenvalue weighted by Gasteiger charge is 2.34. The van der Waals surface area contributed by atoms with Gasteiger partial charge in [-0.1, -0.05) is 18.2 Å². The van der Waals surface area contributed by atoms with Gasteiger partial charge in [-0.25, -0.2) is 4.98 Å². The van der Waals surface area contributed by atoms with Gasteiger partial charge in [-0.3, -0.25) is 4.79 Å². The molecule has 1 aliphatic heterocycles. The summed E-state index contributed by atoms with van der Waals surface area (Å²) >= 11 is 0. The summed E-state index contributed by atoms with van der Waals surface area (Å²) in [5, 5.41) is 3.15. The van der Waals surface area contributed by atoms with Gasteiger partial charge < -0.3 is 14.6 Å². The van der Waals surface area contributed by atoms with E-state index in [0.717, 1.165) is 23.4 Å². The van der Waals surface area contributed by atoms with E-state index in [4.69, 9.17) is 4.74 Å². The lowest BCUT2D eigenvalue weighted by Gasteiger charge is -2.36. The maximum Gasteiger partial charge on any atom is 0.240 e. The third-order valence-corrected chi connectivity index (χ3v) is 3.99. The molecule has 1 N–H and O–H groups in total. The van der Waals surface area contributed by atoms with Crippen molar-refractivity contribution in [3.63, 3.8) is 0 Å². The van der Waals surface area contributed by atoms with Crippen LogP contribution in [0.3, 0.4) is 0 Å². The largest absolute Gasteiger partial charge is 0.493 e. The minimum absolute atomic E-state index is 0.0182. The molecule has 0 spiro atoms. The Labute approximate surface area is 124 Å². The molecule has 21 heavy (non-hydrogen) atoms. The summed E-state index contributed by atoms with van der Waals surface area (Å²) < 4.78 is 7.50. The summed E-state index contributed by atoms with van der Waals surface area (Å²) in [4.78, 5) is 16.4. The van der Waals surface area contributed by atoms with Gasteiger partial charge in [0, 0.05) is 23.9 Å². The lowest BCUT2D eigenvalue weighted by Crippen LogP contribution is -2.47. The van der Waals surface area contributed by atoms with Crippen molar-refractivity contribution in [2.75, 3.05) is 6.61 Å². The average Bonchev–Trinajstić information content (AvgIpc) is 2.84. The van der Waals surface area contributed by atoms with E-state index in [1.54, 1.807) is 12.5 Å². The number of benzene rings is 1. The van der Waals surface area contributed by atoms with Gasteiger partial charge in [-0.05, 0) is 19.9 Å². The maximum atomic E-state index is 12.3. The second-order valence-corrected chi connectivity index (χ2v) is 5.64. The number of aromatic nitrogens is 2. The van der Waals surface area contributed by atoms with E-state index >= 15 is 0 Å². The molecule has 1 atom stereocenters. The minimum Gasteiger partial charge on any atom is -0.493 e. The molecule has 0 saturated carbocycles. The smallest absolute Gasteiger partial charge is 0.240 e. The van der Waals surface area contributed by atoms with E-state index in [1.165, 1.54) is 0 Å². The number of hydrogen-bond acceptors (Lipinski definition) is 3. The van der Waals surface area contributed by atoms with Gasteiger partial charge in [-0.2, -0.15) is 0 Å². The molecule has 1 amide bonds. The number of nitrogens with one attached hydrogen (secondary N) is 1. The van der Waals surface area contributed by atoms with Crippen molar-refractivity contribution in [1.29, 1.82) is 0 Å². The molecule has 0 aliphatic carbocycles. The average molecular weight is 285 g/mol. The number of aryl methyl sites for hydroxylation is 1. The molecular formula is C16H19N3O2. The first-order valence-corrected chi connectivity index (χ1v) is 7.08. The monoisotopic (exact) mass is 285 g/mol. The predicted molar refractivity (Wildman–Crippen MR) is 79.0 cm³/mol. The van der Waals surface area contributed by atoms with Gasteiger partial charge >= 0.3 is 0 Å². The Hall–Kier alpha value is -2.30. The highest BCUT2D eigenvalue weighted by Crippen LogP contribution is 2.36. The van der Waals surface area contributed by atoms with Gasteiger partial charge in [0.1, 0.15) is 12.3 Å². The lowest BCUT2D eigenvalue weighted by molar-refractivity contribution is -0.123. The number of hydrogen-bond donors (Lipinski definition) is 1. The zero-order valence-corrected chi connectivity index (χ0v) is 12.3. The molecule has 5 nitrogen and oxygen atoms in total. The topological polar surface area (TPSA) is 56.2 Å². The Morgan fingerprint density at radius 3 is 3.05 bits per heavy atom. The van der Waals surface area contributed by atoms with Gasteiger partial charge in [0.15, 0.2) is 0 Å². The van der Waals surface area contributed by atoms with Crippen LogP contribution in [0.25, 0.3) is 0 Å². The molecule has 0 saturated heterocycles. The van der Waals surface area contributed by atoms with Crippen molar-refractivity contribution < 1.29 is 9.53 Å². The summed E-state index contributed by atoms with van der Waals surface area (Å²) in [5.74, 6) is 0.834. The molecule has 2 aromatic rings. The molecule has 1 unspecified atom stereocenters. The Balaban J connectivity index is 1.78. The third-order valence-electron chi connectivity index (χ3n) is 3.99. The second kappa shape index (κ2) is 5.24. The molecule has 0 bridgehead atoms. The molecule has 1 aliphatic rings. The van der Waals surface area contributed by atoms with Gasteiger partial charge in [0.05, 0.1) is 18.5 Å². The summed E-state index contributed by atoms with van der Waals surface area (Å²) in [7, 11) is 0. The summed E-state index contributed by atoms with van der Waals surface area (Å²) in [6.07, 6.45) is 4.19. The van der Waals surface area contributed by atoms with E-state index in [9.17, 15) is 4.79 Å². The number of carbonyl (C=O) groups excluding carboxylic acids is 1. The molecule has 0 fully saturated rings. The second-order valence-electron chi connectivity index (χ2n) is 5.64. The number of ether oxygens (including phenoxy) is 1. The fourth-order valence-electron chi connectivity index (χ4n) is 2.73.